The van der Waals surface area contributed by atoms with Crippen LogP contribution < -0.4 is 4.74 Å². The van der Waals surface area contributed by atoms with Crippen LogP contribution >= 0.6 is 10.7 Å². The average molecular weight is 277 g/mol. The number of hydrogen-bond donors (Lipinski definition) is 0. The quantitative estimate of drug-likeness (QED) is 0.793. The molecular formula is C12H17ClO3S. The maximum atomic E-state index is 11.2. The van der Waals surface area contributed by atoms with Crippen LogP contribution in [0.3, 0.4) is 0 Å². The first-order valence-electron chi connectivity index (χ1n) is 5.40. The van der Waals surface area contributed by atoms with Gasteiger partial charge in [0.25, 0.3) is 9.05 Å². The van der Waals surface area contributed by atoms with Crippen molar-refractivity contribution >= 4 is 19.7 Å². The predicted octanol–water partition coefficient (Wildman–Crippen LogP) is 3.27. The molecule has 1 rings (SSSR count). The molecule has 0 aromatic heterocycles. The van der Waals surface area contributed by atoms with Crippen molar-refractivity contribution in [2.24, 2.45) is 5.92 Å². The Kier molecular flexibility index (Phi) is 4.44. The Hall–Kier alpha value is -0.740. The molecule has 0 heterocycles. The van der Waals surface area contributed by atoms with Crippen molar-refractivity contribution < 1.29 is 13.2 Å². The predicted molar refractivity (Wildman–Crippen MR) is 69.3 cm³/mol. The van der Waals surface area contributed by atoms with E-state index < -0.39 is 9.05 Å². The summed E-state index contributed by atoms with van der Waals surface area (Å²) in [6.07, 6.45) is 0. The monoisotopic (exact) mass is 276 g/mol. The molecule has 0 unspecified atom stereocenters. The molecule has 0 saturated carbocycles. The van der Waals surface area contributed by atoms with E-state index in [0.717, 1.165) is 16.9 Å². The van der Waals surface area contributed by atoms with Gasteiger partial charge in [-0.1, -0.05) is 13.8 Å². The molecule has 1 aromatic rings. The van der Waals surface area contributed by atoms with Gasteiger partial charge in [-0.15, -0.1) is 0 Å². The van der Waals surface area contributed by atoms with Crippen molar-refractivity contribution in [3.63, 3.8) is 0 Å². The third-order valence-electron chi connectivity index (χ3n) is 2.28. The average Bonchev–Trinajstić information content (AvgIpc) is 2.14. The highest BCUT2D eigenvalue weighted by molar-refractivity contribution is 8.13. The van der Waals surface area contributed by atoms with Gasteiger partial charge in [0.2, 0.25) is 0 Å². The van der Waals surface area contributed by atoms with Crippen molar-refractivity contribution in [3.05, 3.63) is 23.3 Å². The maximum Gasteiger partial charge on any atom is 0.261 e. The van der Waals surface area contributed by atoms with Crippen LogP contribution in [0, 0.1) is 19.8 Å². The van der Waals surface area contributed by atoms with E-state index in [-0.39, 0.29) is 4.90 Å². The third-order valence-corrected chi connectivity index (χ3v) is 3.61. The first kappa shape index (κ1) is 14.3. The number of ether oxygens (including phenoxy) is 1. The molecule has 0 N–H and O–H groups in total. The number of halogens is 1. The summed E-state index contributed by atoms with van der Waals surface area (Å²) in [7, 11) is 1.63. The van der Waals surface area contributed by atoms with Crippen LogP contribution in [0.1, 0.15) is 25.0 Å². The molecule has 0 amide bonds. The zero-order valence-electron chi connectivity index (χ0n) is 10.5. The van der Waals surface area contributed by atoms with E-state index >= 15 is 0 Å². The Morgan fingerprint density at radius 3 is 2.06 bits per heavy atom. The topological polar surface area (TPSA) is 43.4 Å². The van der Waals surface area contributed by atoms with Gasteiger partial charge >= 0.3 is 0 Å². The van der Waals surface area contributed by atoms with Gasteiger partial charge in [-0.3, -0.25) is 0 Å². The van der Waals surface area contributed by atoms with E-state index in [4.69, 9.17) is 15.4 Å². The highest BCUT2D eigenvalue weighted by atomic mass is 35.7. The molecule has 0 atom stereocenters. The zero-order chi connectivity index (χ0) is 13.2. The Morgan fingerprint density at radius 1 is 1.24 bits per heavy atom. The molecule has 0 spiro atoms. The minimum absolute atomic E-state index is 0.117. The summed E-state index contributed by atoms with van der Waals surface area (Å²) in [5.74, 6) is 1.16. The number of benzene rings is 1. The maximum absolute atomic E-state index is 11.2. The molecule has 0 aliphatic heterocycles. The summed E-state index contributed by atoms with van der Waals surface area (Å²) in [6.45, 7) is 8.35. The van der Waals surface area contributed by atoms with E-state index in [1.54, 1.807) is 0 Å². The molecule has 0 radical (unpaired) electrons. The van der Waals surface area contributed by atoms with Crippen molar-refractivity contribution in [2.45, 2.75) is 32.6 Å². The normalized spacial score (nSPS) is 11.9. The van der Waals surface area contributed by atoms with E-state index in [9.17, 15) is 8.42 Å². The second-order valence-electron chi connectivity index (χ2n) is 4.53. The van der Waals surface area contributed by atoms with Crippen LogP contribution in [0.2, 0.25) is 0 Å². The molecule has 0 aliphatic carbocycles. The van der Waals surface area contributed by atoms with Gasteiger partial charge in [0.15, 0.2) is 0 Å². The van der Waals surface area contributed by atoms with Crippen molar-refractivity contribution in [1.82, 2.24) is 0 Å². The van der Waals surface area contributed by atoms with Gasteiger partial charge in [0, 0.05) is 10.7 Å². The van der Waals surface area contributed by atoms with Crippen LogP contribution in [0.5, 0.6) is 5.75 Å². The molecule has 17 heavy (non-hydrogen) atoms. The van der Waals surface area contributed by atoms with Crippen LogP contribution in [0.15, 0.2) is 17.0 Å². The highest BCUT2D eigenvalue weighted by Gasteiger charge is 2.14. The molecule has 5 heteroatoms. The molecule has 0 aliphatic rings. The van der Waals surface area contributed by atoms with Gasteiger partial charge in [0.1, 0.15) is 5.75 Å². The standard InChI is InChI=1S/C12H17ClO3S/c1-8(2)7-16-12-9(3)5-11(6-10(12)4)17(13,14)15/h5-6,8H,7H2,1-4H3. The third kappa shape index (κ3) is 3.89. The van der Waals surface area contributed by atoms with Crippen LogP contribution in [0.4, 0.5) is 0 Å². The smallest absolute Gasteiger partial charge is 0.261 e. The summed E-state index contributed by atoms with van der Waals surface area (Å²) in [5.41, 5.74) is 1.56. The van der Waals surface area contributed by atoms with Gasteiger partial charge in [-0.25, -0.2) is 8.42 Å². The Labute approximate surface area is 107 Å². The minimum Gasteiger partial charge on any atom is -0.493 e. The fourth-order valence-corrected chi connectivity index (χ4v) is 2.43. The lowest BCUT2D eigenvalue weighted by atomic mass is 10.1. The molecule has 0 fully saturated rings. The number of rotatable bonds is 4. The minimum atomic E-state index is -3.68. The van der Waals surface area contributed by atoms with Crippen LogP contribution in [0.25, 0.3) is 0 Å². The molecule has 1 aromatic carbocycles. The summed E-state index contributed by atoms with van der Waals surface area (Å²) < 4.78 is 28.1. The molecular weight excluding hydrogens is 260 g/mol. The Morgan fingerprint density at radius 2 is 1.71 bits per heavy atom. The number of aryl methyl sites for hydroxylation is 2. The lowest BCUT2D eigenvalue weighted by Gasteiger charge is -2.14. The molecule has 3 nitrogen and oxygen atoms in total. The first-order valence-corrected chi connectivity index (χ1v) is 7.71. The summed E-state index contributed by atoms with van der Waals surface area (Å²) in [4.78, 5) is 0.117. The van der Waals surface area contributed by atoms with E-state index in [0.29, 0.717) is 12.5 Å². The lowest BCUT2D eigenvalue weighted by Crippen LogP contribution is -2.07. The zero-order valence-corrected chi connectivity index (χ0v) is 12.0. The Bertz CT molecular complexity index is 483. The lowest BCUT2D eigenvalue weighted by molar-refractivity contribution is 0.267. The summed E-state index contributed by atoms with van der Waals surface area (Å²) in [6, 6.07) is 3.07. The van der Waals surface area contributed by atoms with Gasteiger partial charge < -0.3 is 4.74 Å². The van der Waals surface area contributed by atoms with E-state index in [1.807, 2.05) is 13.8 Å². The molecule has 96 valence electrons. The van der Waals surface area contributed by atoms with Gasteiger partial charge in [0.05, 0.1) is 11.5 Å². The number of hydrogen-bond acceptors (Lipinski definition) is 3. The van der Waals surface area contributed by atoms with Crippen molar-refractivity contribution in [2.75, 3.05) is 6.61 Å². The van der Waals surface area contributed by atoms with Crippen molar-refractivity contribution in [1.29, 1.82) is 0 Å². The molecule has 0 bridgehead atoms. The SMILES string of the molecule is Cc1cc(S(=O)(=O)Cl)cc(C)c1OCC(C)C. The Balaban J connectivity index is 3.11. The second-order valence-corrected chi connectivity index (χ2v) is 7.09. The highest BCUT2D eigenvalue weighted by Crippen LogP contribution is 2.28. The van der Waals surface area contributed by atoms with Gasteiger partial charge in [-0.05, 0) is 43.0 Å². The largest absolute Gasteiger partial charge is 0.493 e. The van der Waals surface area contributed by atoms with Crippen LogP contribution in [-0.4, -0.2) is 15.0 Å². The van der Waals surface area contributed by atoms with Crippen LogP contribution in [-0.2, 0) is 9.05 Å². The fourth-order valence-electron chi connectivity index (χ4n) is 1.53. The molecule has 0 saturated heterocycles. The van der Waals surface area contributed by atoms with E-state index in [2.05, 4.69) is 13.8 Å². The second kappa shape index (κ2) is 5.27. The summed E-state index contributed by atoms with van der Waals surface area (Å²) in [5, 5.41) is 0. The van der Waals surface area contributed by atoms with Crippen molar-refractivity contribution in [3.8, 4) is 5.75 Å². The van der Waals surface area contributed by atoms with Gasteiger partial charge in [-0.2, -0.15) is 0 Å². The van der Waals surface area contributed by atoms with E-state index in [1.165, 1.54) is 12.1 Å². The fraction of sp³-hybridized carbons (Fsp3) is 0.500. The summed E-state index contributed by atoms with van der Waals surface area (Å²) >= 11 is 0. The first-order chi connectivity index (χ1) is 7.71.